The van der Waals surface area contributed by atoms with Gasteiger partial charge in [-0.1, -0.05) is 74.5 Å². The Kier molecular flexibility index (Phi) is 4.24. The molecule has 0 rings (SSSR count). The molecule has 0 saturated carbocycles. The summed E-state index contributed by atoms with van der Waals surface area (Å²) < 4.78 is 0. The van der Waals surface area contributed by atoms with Crippen LogP contribution in [0.1, 0.15) is 62.3 Å². The van der Waals surface area contributed by atoms with E-state index in [-0.39, 0.29) is 5.41 Å². The molecular weight excluding hydrogens is 180 g/mol. The van der Waals surface area contributed by atoms with Gasteiger partial charge in [-0.15, -0.1) is 0 Å². The van der Waals surface area contributed by atoms with E-state index in [4.69, 9.17) is 0 Å². The molecule has 0 aliphatic carbocycles. The smallest absolute Gasteiger partial charge is 0.0136 e. The first-order valence-electron chi connectivity index (χ1n) is 6.03. The molecule has 0 heteroatoms. The summed E-state index contributed by atoms with van der Waals surface area (Å²) in [5.74, 6) is 0.615. The van der Waals surface area contributed by atoms with Crippen molar-refractivity contribution in [3.63, 3.8) is 0 Å². The van der Waals surface area contributed by atoms with Gasteiger partial charge < -0.3 is 0 Å². The molecule has 0 spiro atoms. The quantitative estimate of drug-likeness (QED) is 0.515. The fourth-order valence-corrected chi connectivity index (χ4v) is 2.26. The molecular formula is C15H30. The van der Waals surface area contributed by atoms with Crippen LogP contribution in [0.2, 0.25) is 0 Å². The summed E-state index contributed by atoms with van der Waals surface area (Å²) in [4.78, 5) is 0. The summed E-state index contributed by atoms with van der Waals surface area (Å²) in [6.07, 6.45) is 4.77. The highest BCUT2D eigenvalue weighted by atomic mass is 14.4. The lowest BCUT2D eigenvalue weighted by molar-refractivity contribution is 0.147. The Bertz CT molecular complexity index is 198. The molecule has 90 valence electrons. The van der Waals surface area contributed by atoms with Crippen LogP contribution in [0.4, 0.5) is 0 Å². The molecule has 0 atom stereocenters. The SMILES string of the molecule is CC(C)(C)/C=C\C(C(C)(C)C)C(C)(C)C. The zero-order chi connectivity index (χ0) is 12.5. The van der Waals surface area contributed by atoms with Gasteiger partial charge in [0.05, 0.1) is 0 Å². The molecule has 0 amide bonds. The second-order valence-corrected chi connectivity index (χ2v) is 7.93. The van der Waals surface area contributed by atoms with Crippen molar-refractivity contribution in [3.05, 3.63) is 12.2 Å². The maximum atomic E-state index is 2.42. The van der Waals surface area contributed by atoms with Crippen molar-refractivity contribution in [3.8, 4) is 0 Å². The molecule has 0 heterocycles. The summed E-state index contributed by atoms with van der Waals surface area (Å²) in [6.45, 7) is 20.7. The van der Waals surface area contributed by atoms with E-state index in [1.165, 1.54) is 0 Å². The van der Waals surface area contributed by atoms with Crippen LogP contribution in [0.15, 0.2) is 12.2 Å². The number of allylic oxidation sites excluding steroid dienone is 2. The molecule has 0 nitrogen and oxygen atoms in total. The maximum Gasteiger partial charge on any atom is -0.0136 e. The summed E-state index contributed by atoms with van der Waals surface area (Å²) >= 11 is 0. The van der Waals surface area contributed by atoms with Crippen LogP contribution in [-0.4, -0.2) is 0 Å². The van der Waals surface area contributed by atoms with Gasteiger partial charge in [-0.2, -0.15) is 0 Å². The standard InChI is InChI=1S/C15H30/c1-13(2,3)11-10-12(14(4,5)6)15(7,8)9/h10-12H,1-9H3/b11-10-. The van der Waals surface area contributed by atoms with Crippen molar-refractivity contribution in [2.45, 2.75) is 62.3 Å². The Hall–Kier alpha value is -0.260. The summed E-state index contributed by atoms with van der Waals surface area (Å²) in [5.41, 5.74) is 0.953. The van der Waals surface area contributed by atoms with E-state index in [0.717, 1.165) is 0 Å². The average Bonchev–Trinajstić information content (AvgIpc) is 1.75. The Morgan fingerprint density at radius 1 is 0.667 bits per heavy atom. The molecule has 15 heavy (non-hydrogen) atoms. The highest BCUT2D eigenvalue weighted by Crippen LogP contribution is 2.41. The molecule has 0 saturated heterocycles. The van der Waals surface area contributed by atoms with Crippen LogP contribution in [0.25, 0.3) is 0 Å². The van der Waals surface area contributed by atoms with Gasteiger partial charge in [-0.05, 0) is 22.2 Å². The zero-order valence-corrected chi connectivity index (χ0v) is 12.2. The molecule has 0 fully saturated rings. The number of hydrogen-bond donors (Lipinski definition) is 0. The lowest BCUT2D eigenvalue weighted by atomic mass is 9.66. The Labute approximate surface area is 97.2 Å². The average molecular weight is 210 g/mol. The van der Waals surface area contributed by atoms with E-state index in [1.807, 2.05) is 0 Å². The Morgan fingerprint density at radius 3 is 1.20 bits per heavy atom. The van der Waals surface area contributed by atoms with Gasteiger partial charge >= 0.3 is 0 Å². The number of hydrogen-bond acceptors (Lipinski definition) is 0. The second kappa shape index (κ2) is 4.31. The summed E-state index contributed by atoms with van der Waals surface area (Å²) in [6, 6.07) is 0. The van der Waals surface area contributed by atoms with Gasteiger partial charge in [-0.3, -0.25) is 0 Å². The molecule has 0 radical (unpaired) electrons. The van der Waals surface area contributed by atoms with E-state index in [1.54, 1.807) is 0 Å². The predicted molar refractivity (Wildman–Crippen MR) is 71.0 cm³/mol. The van der Waals surface area contributed by atoms with Gasteiger partial charge in [0.1, 0.15) is 0 Å². The van der Waals surface area contributed by atoms with E-state index in [0.29, 0.717) is 16.7 Å². The third-order valence-corrected chi connectivity index (χ3v) is 2.65. The van der Waals surface area contributed by atoms with E-state index < -0.39 is 0 Å². The van der Waals surface area contributed by atoms with Gasteiger partial charge in [0.2, 0.25) is 0 Å². The minimum Gasteiger partial charge on any atom is -0.0838 e. The summed E-state index contributed by atoms with van der Waals surface area (Å²) in [7, 11) is 0. The van der Waals surface area contributed by atoms with Crippen LogP contribution >= 0.6 is 0 Å². The first-order chi connectivity index (χ1) is 6.34. The van der Waals surface area contributed by atoms with Crippen molar-refractivity contribution in [2.24, 2.45) is 22.2 Å². The van der Waals surface area contributed by atoms with Gasteiger partial charge in [0, 0.05) is 0 Å². The fourth-order valence-electron chi connectivity index (χ4n) is 2.26. The molecule has 0 unspecified atom stereocenters. The van der Waals surface area contributed by atoms with Crippen LogP contribution in [0.5, 0.6) is 0 Å². The lowest BCUT2D eigenvalue weighted by Gasteiger charge is -2.39. The first-order valence-corrected chi connectivity index (χ1v) is 6.03. The van der Waals surface area contributed by atoms with Crippen LogP contribution in [0.3, 0.4) is 0 Å². The molecule has 0 aliphatic rings. The van der Waals surface area contributed by atoms with Crippen molar-refractivity contribution in [2.75, 3.05) is 0 Å². The van der Waals surface area contributed by atoms with E-state index in [9.17, 15) is 0 Å². The highest BCUT2D eigenvalue weighted by Gasteiger charge is 2.32. The predicted octanol–water partition coefficient (Wildman–Crippen LogP) is 5.30. The third-order valence-electron chi connectivity index (χ3n) is 2.65. The largest absolute Gasteiger partial charge is 0.0838 e. The normalized spacial score (nSPS) is 15.3. The number of rotatable bonds is 1. The molecule has 0 aliphatic heterocycles. The maximum absolute atomic E-state index is 2.42. The molecule has 0 aromatic heterocycles. The second-order valence-electron chi connectivity index (χ2n) is 7.93. The molecule has 0 aromatic carbocycles. The van der Waals surface area contributed by atoms with Crippen LogP contribution < -0.4 is 0 Å². The minimum atomic E-state index is 0.286. The zero-order valence-electron chi connectivity index (χ0n) is 12.2. The monoisotopic (exact) mass is 210 g/mol. The molecule has 0 bridgehead atoms. The topological polar surface area (TPSA) is 0 Å². The van der Waals surface area contributed by atoms with Crippen LogP contribution in [-0.2, 0) is 0 Å². The summed E-state index contributed by atoms with van der Waals surface area (Å²) in [5, 5.41) is 0. The van der Waals surface area contributed by atoms with Crippen molar-refractivity contribution in [1.82, 2.24) is 0 Å². The lowest BCUT2D eigenvalue weighted by Crippen LogP contribution is -2.31. The van der Waals surface area contributed by atoms with E-state index >= 15 is 0 Å². The van der Waals surface area contributed by atoms with Gasteiger partial charge in [0.25, 0.3) is 0 Å². The van der Waals surface area contributed by atoms with Crippen molar-refractivity contribution >= 4 is 0 Å². The fraction of sp³-hybridized carbons (Fsp3) is 0.867. The van der Waals surface area contributed by atoms with Crippen LogP contribution in [0, 0.1) is 22.2 Å². The third kappa shape index (κ3) is 6.02. The molecule has 0 aromatic rings. The Balaban J connectivity index is 4.94. The van der Waals surface area contributed by atoms with E-state index in [2.05, 4.69) is 74.5 Å². The minimum absolute atomic E-state index is 0.286. The molecule has 0 N–H and O–H groups in total. The van der Waals surface area contributed by atoms with Crippen molar-refractivity contribution < 1.29 is 0 Å². The van der Waals surface area contributed by atoms with Crippen molar-refractivity contribution in [1.29, 1.82) is 0 Å². The van der Waals surface area contributed by atoms with Gasteiger partial charge in [-0.25, -0.2) is 0 Å². The van der Waals surface area contributed by atoms with Gasteiger partial charge in [0.15, 0.2) is 0 Å². The highest BCUT2D eigenvalue weighted by molar-refractivity contribution is 5.03. The first kappa shape index (κ1) is 14.7. The Morgan fingerprint density at radius 2 is 1.00 bits per heavy atom.